The predicted octanol–water partition coefficient (Wildman–Crippen LogP) is 1.53. The van der Waals surface area contributed by atoms with Crippen LogP contribution in [-0.4, -0.2) is 20.0 Å². The second kappa shape index (κ2) is 3.61. The third kappa shape index (κ3) is 1.53. The molecule has 2 heterocycles. The van der Waals surface area contributed by atoms with E-state index in [1.54, 1.807) is 0 Å². The average molecular weight is 231 g/mol. The lowest BCUT2D eigenvalue weighted by molar-refractivity contribution is 0.279. The molecule has 0 bridgehead atoms. The van der Waals surface area contributed by atoms with Crippen molar-refractivity contribution in [1.82, 2.24) is 14.2 Å². The van der Waals surface area contributed by atoms with Crippen molar-refractivity contribution in [2.45, 2.75) is 32.7 Å². The lowest BCUT2D eigenvalue weighted by Crippen LogP contribution is -2.19. The molecule has 0 aliphatic heterocycles. The van der Waals surface area contributed by atoms with E-state index in [1.165, 1.54) is 19.3 Å². The van der Waals surface area contributed by atoms with Gasteiger partial charge < -0.3 is 10.3 Å². The van der Waals surface area contributed by atoms with Gasteiger partial charge in [-0.1, -0.05) is 6.42 Å². The standard InChI is InChI=1S/C12H17N5/c1-8-10(11(13)14)12-16(5-6-17(12)15-8)7-9-3-2-4-9/h5-6,9H,2-4,7H2,1H3,(H3,13,14). The summed E-state index contributed by atoms with van der Waals surface area (Å²) in [6.07, 6.45) is 7.94. The van der Waals surface area contributed by atoms with Gasteiger partial charge >= 0.3 is 0 Å². The molecule has 90 valence electrons. The van der Waals surface area contributed by atoms with Gasteiger partial charge in [0.25, 0.3) is 0 Å². The molecule has 5 heteroatoms. The zero-order valence-corrected chi connectivity index (χ0v) is 9.98. The van der Waals surface area contributed by atoms with Crippen molar-refractivity contribution >= 4 is 11.5 Å². The number of aryl methyl sites for hydroxylation is 1. The van der Waals surface area contributed by atoms with E-state index in [1.807, 2.05) is 23.8 Å². The Balaban J connectivity index is 2.08. The Bertz CT molecular complexity index is 573. The molecule has 0 aromatic carbocycles. The maximum Gasteiger partial charge on any atom is 0.147 e. The van der Waals surface area contributed by atoms with Crippen molar-refractivity contribution in [2.24, 2.45) is 11.7 Å². The molecular formula is C12H17N5. The largest absolute Gasteiger partial charge is 0.384 e. The van der Waals surface area contributed by atoms with Crippen molar-refractivity contribution < 1.29 is 0 Å². The van der Waals surface area contributed by atoms with Crippen LogP contribution in [0.3, 0.4) is 0 Å². The Morgan fingerprint density at radius 2 is 2.29 bits per heavy atom. The molecule has 2 aromatic heterocycles. The van der Waals surface area contributed by atoms with E-state index in [9.17, 15) is 0 Å². The van der Waals surface area contributed by atoms with Gasteiger partial charge in [-0.05, 0) is 25.7 Å². The third-order valence-electron chi connectivity index (χ3n) is 3.67. The summed E-state index contributed by atoms with van der Waals surface area (Å²) in [4.78, 5) is 0. The number of rotatable bonds is 3. The molecule has 0 saturated heterocycles. The van der Waals surface area contributed by atoms with Gasteiger partial charge in [0.2, 0.25) is 0 Å². The minimum Gasteiger partial charge on any atom is -0.384 e. The molecule has 2 aromatic rings. The summed E-state index contributed by atoms with van der Waals surface area (Å²) in [6, 6.07) is 0. The van der Waals surface area contributed by atoms with E-state index in [0.29, 0.717) is 0 Å². The molecule has 0 atom stereocenters. The summed E-state index contributed by atoms with van der Waals surface area (Å²) in [5.74, 6) is 0.882. The first kappa shape index (κ1) is 10.4. The highest BCUT2D eigenvalue weighted by Crippen LogP contribution is 2.29. The Kier molecular flexibility index (Phi) is 2.21. The minimum absolute atomic E-state index is 0.103. The number of fused-ring (bicyclic) bond motifs is 1. The molecule has 0 spiro atoms. The van der Waals surface area contributed by atoms with Crippen molar-refractivity contribution in [1.29, 1.82) is 5.41 Å². The van der Waals surface area contributed by atoms with Gasteiger partial charge in [0, 0.05) is 18.9 Å². The molecule has 1 aliphatic rings. The predicted molar refractivity (Wildman–Crippen MR) is 66.3 cm³/mol. The van der Waals surface area contributed by atoms with Crippen LogP contribution in [0.2, 0.25) is 0 Å². The zero-order valence-electron chi connectivity index (χ0n) is 9.98. The van der Waals surface area contributed by atoms with Crippen LogP contribution in [0.15, 0.2) is 12.4 Å². The molecule has 1 saturated carbocycles. The molecule has 3 rings (SSSR count). The number of nitrogens with one attached hydrogen (secondary N) is 1. The number of nitrogens with zero attached hydrogens (tertiary/aromatic N) is 3. The van der Waals surface area contributed by atoms with Gasteiger partial charge in [-0.25, -0.2) is 4.52 Å². The van der Waals surface area contributed by atoms with Crippen LogP contribution in [0.1, 0.15) is 30.5 Å². The maximum atomic E-state index is 7.66. The molecule has 0 amide bonds. The molecule has 17 heavy (non-hydrogen) atoms. The highest BCUT2D eigenvalue weighted by atomic mass is 15.3. The quantitative estimate of drug-likeness (QED) is 0.621. The van der Waals surface area contributed by atoms with Crippen LogP contribution >= 0.6 is 0 Å². The van der Waals surface area contributed by atoms with E-state index in [2.05, 4.69) is 9.67 Å². The number of nitrogen functional groups attached to an aromatic ring is 1. The highest BCUT2D eigenvalue weighted by Gasteiger charge is 2.21. The van der Waals surface area contributed by atoms with Gasteiger partial charge in [0.05, 0.1) is 11.3 Å². The fraction of sp³-hybridized carbons (Fsp3) is 0.500. The number of hydrogen-bond donors (Lipinski definition) is 2. The van der Waals surface area contributed by atoms with Gasteiger partial charge in [-0.3, -0.25) is 5.41 Å². The van der Waals surface area contributed by atoms with Crippen molar-refractivity contribution in [2.75, 3.05) is 0 Å². The first-order valence-electron chi connectivity index (χ1n) is 6.05. The number of hydrogen-bond acceptors (Lipinski definition) is 2. The van der Waals surface area contributed by atoms with Crippen molar-refractivity contribution in [3.05, 3.63) is 23.7 Å². The minimum atomic E-state index is 0.103. The number of imidazole rings is 1. The summed E-state index contributed by atoms with van der Waals surface area (Å²) in [7, 11) is 0. The molecule has 0 radical (unpaired) electrons. The first-order chi connectivity index (χ1) is 8.16. The fourth-order valence-corrected chi connectivity index (χ4v) is 2.54. The second-order valence-corrected chi connectivity index (χ2v) is 4.89. The molecule has 1 fully saturated rings. The smallest absolute Gasteiger partial charge is 0.147 e. The Hall–Kier alpha value is -1.78. The van der Waals surface area contributed by atoms with Gasteiger partial charge in [-0.15, -0.1) is 0 Å². The Morgan fingerprint density at radius 3 is 2.88 bits per heavy atom. The fourth-order valence-electron chi connectivity index (χ4n) is 2.54. The van der Waals surface area contributed by atoms with Gasteiger partial charge in [0.15, 0.2) is 0 Å². The molecular weight excluding hydrogens is 214 g/mol. The first-order valence-corrected chi connectivity index (χ1v) is 6.05. The Morgan fingerprint density at radius 1 is 1.53 bits per heavy atom. The second-order valence-electron chi connectivity index (χ2n) is 4.89. The summed E-state index contributed by atoms with van der Waals surface area (Å²) >= 11 is 0. The normalized spacial score (nSPS) is 16.3. The van der Waals surface area contributed by atoms with E-state index < -0.39 is 0 Å². The van der Waals surface area contributed by atoms with Crippen LogP contribution in [0.4, 0.5) is 0 Å². The summed E-state index contributed by atoms with van der Waals surface area (Å²) in [5.41, 5.74) is 8.21. The van der Waals surface area contributed by atoms with Crippen molar-refractivity contribution in [3.8, 4) is 0 Å². The lowest BCUT2D eigenvalue weighted by Gasteiger charge is -2.25. The van der Waals surface area contributed by atoms with Crippen LogP contribution in [0.25, 0.3) is 5.65 Å². The third-order valence-corrected chi connectivity index (χ3v) is 3.67. The lowest BCUT2D eigenvalue weighted by atomic mass is 9.85. The molecule has 3 N–H and O–H groups in total. The monoisotopic (exact) mass is 231 g/mol. The number of aromatic nitrogens is 3. The van der Waals surface area contributed by atoms with E-state index in [4.69, 9.17) is 11.1 Å². The number of amidine groups is 1. The molecule has 0 unspecified atom stereocenters. The van der Waals surface area contributed by atoms with E-state index in [-0.39, 0.29) is 5.84 Å². The van der Waals surface area contributed by atoms with Gasteiger partial charge in [0.1, 0.15) is 11.5 Å². The summed E-state index contributed by atoms with van der Waals surface area (Å²) in [5, 5.41) is 12.0. The van der Waals surface area contributed by atoms with Gasteiger partial charge in [-0.2, -0.15) is 5.10 Å². The molecule has 1 aliphatic carbocycles. The number of nitrogens with two attached hydrogens (primary N) is 1. The summed E-state index contributed by atoms with van der Waals surface area (Å²) in [6.45, 7) is 2.92. The van der Waals surface area contributed by atoms with Crippen LogP contribution in [-0.2, 0) is 6.54 Å². The zero-order chi connectivity index (χ0) is 12.0. The van der Waals surface area contributed by atoms with E-state index in [0.717, 1.165) is 29.4 Å². The van der Waals surface area contributed by atoms with Crippen LogP contribution in [0.5, 0.6) is 0 Å². The van der Waals surface area contributed by atoms with Crippen LogP contribution in [0, 0.1) is 18.3 Å². The van der Waals surface area contributed by atoms with E-state index >= 15 is 0 Å². The maximum absolute atomic E-state index is 7.66. The summed E-state index contributed by atoms with van der Waals surface area (Å²) < 4.78 is 4.01. The average Bonchev–Trinajstić information content (AvgIpc) is 2.69. The Labute approximate surface area is 99.7 Å². The van der Waals surface area contributed by atoms with Crippen LogP contribution < -0.4 is 5.73 Å². The topological polar surface area (TPSA) is 72.1 Å². The SMILES string of the molecule is Cc1nn2ccn(CC3CCC3)c2c1C(=N)N. The van der Waals surface area contributed by atoms with Crippen molar-refractivity contribution in [3.63, 3.8) is 0 Å². The highest BCUT2D eigenvalue weighted by molar-refractivity contribution is 6.01. The molecule has 5 nitrogen and oxygen atoms in total.